The number of pyridine rings is 2. The van der Waals surface area contributed by atoms with E-state index in [0.29, 0.717) is 12.1 Å². The normalized spacial score (nSPS) is 18.0. The predicted octanol–water partition coefficient (Wildman–Crippen LogP) is 5.78. The molecule has 0 amide bonds. The molecule has 0 bridgehead atoms. The van der Waals surface area contributed by atoms with Crippen LogP contribution in [0.3, 0.4) is 0 Å². The Morgan fingerprint density at radius 3 is 2.42 bits per heavy atom. The van der Waals surface area contributed by atoms with E-state index < -0.39 is 6.04 Å². The molecule has 2 aromatic carbocycles. The summed E-state index contributed by atoms with van der Waals surface area (Å²) in [4.78, 5) is 24.6. The molecule has 0 aliphatic carbocycles. The molecule has 3 heterocycles. The molecule has 7 nitrogen and oxygen atoms in total. The minimum Gasteiger partial charge on any atom is -0.495 e. The fraction of sp³-hybridized carbons (Fsp3) is 0.273. The van der Waals surface area contributed by atoms with E-state index in [1.54, 1.807) is 14.0 Å². The number of nitrogens with zero attached hydrogens (tertiary/aromatic N) is 4. The first kappa shape index (κ1) is 27.0. The van der Waals surface area contributed by atoms with Crippen molar-refractivity contribution in [1.29, 1.82) is 5.26 Å². The van der Waals surface area contributed by atoms with Gasteiger partial charge in [-0.2, -0.15) is 5.26 Å². The van der Waals surface area contributed by atoms with Crippen molar-refractivity contribution < 1.29 is 9.53 Å². The molecule has 1 aliphatic heterocycles. The molecule has 0 saturated carbocycles. The van der Waals surface area contributed by atoms with E-state index in [1.807, 2.05) is 67.0 Å². The smallest absolute Gasteiger partial charge is 0.175 e. The van der Waals surface area contributed by atoms with Crippen LogP contribution >= 0.6 is 0 Å². The van der Waals surface area contributed by atoms with Gasteiger partial charge in [0.25, 0.3) is 0 Å². The van der Waals surface area contributed by atoms with Crippen LogP contribution in [0.1, 0.15) is 26.3 Å². The van der Waals surface area contributed by atoms with Crippen LogP contribution in [0.2, 0.25) is 0 Å². The van der Waals surface area contributed by atoms with Crippen molar-refractivity contribution in [2.24, 2.45) is 17.6 Å². The van der Waals surface area contributed by atoms with E-state index in [0.717, 1.165) is 56.8 Å². The standard InChI is InChI=1S/C33H33N5O2/c1-20-14-28(32(39)22(3)35)21(2)19-38(18-20)30-13-12-25(16-36-30)29-17-37-31-26(6-5-7-27(31)33(29)40-4)24-10-8-23(15-34)9-11-24/h5-14,16-17,20-22H,18-19,35H2,1-4H3/t20?,21-,22?/m0/s1. The van der Waals surface area contributed by atoms with Crippen LogP contribution in [-0.2, 0) is 4.79 Å². The van der Waals surface area contributed by atoms with Gasteiger partial charge in [0.05, 0.1) is 30.3 Å². The van der Waals surface area contributed by atoms with Crippen LogP contribution in [-0.4, -0.2) is 42.0 Å². The molecule has 2 N–H and O–H groups in total. The second-order valence-corrected chi connectivity index (χ2v) is 10.6. The van der Waals surface area contributed by atoms with Crippen LogP contribution in [0, 0.1) is 23.2 Å². The van der Waals surface area contributed by atoms with Crippen LogP contribution in [0.4, 0.5) is 5.82 Å². The average Bonchev–Trinajstić information content (AvgIpc) is 3.13. The Morgan fingerprint density at radius 1 is 1.02 bits per heavy atom. The maximum Gasteiger partial charge on any atom is 0.175 e. The number of rotatable bonds is 6. The number of fused-ring (bicyclic) bond motifs is 1. The van der Waals surface area contributed by atoms with E-state index in [4.69, 9.17) is 25.7 Å². The molecule has 202 valence electrons. The summed E-state index contributed by atoms with van der Waals surface area (Å²) in [7, 11) is 1.67. The number of nitriles is 1. The molecular formula is C33H33N5O2. The zero-order chi connectivity index (χ0) is 28.4. The zero-order valence-electron chi connectivity index (χ0n) is 23.3. The van der Waals surface area contributed by atoms with Crippen LogP contribution in [0.15, 0.2) is 78.6 Å². The monoisotopic (exact) mass is 531 g/mol. The minimum atomic E-state index is -0.504. The molecular weight excluding hydrogens is 498 g/mol. The quantitative estimate of drug-likeness (QED) is 0.336. The fourth-order valence-corrected chi connectivity index (χ4v) is 5.46. The Morgan fingerprint density at radius 2 is 1.77 bits per heavy atom. The third-order valence-electron chi connectivity index (χ3n) is 7.46. The molecule has 2 aromatic heterocycles. The molecule has 3 atom stereocenters. The van der Waals surface area contributed by atoms with Gasteiger partial charge < -0.3 is 15.4 Å². The summed E-state index contributed by atoms with van der Waals surface area (Å²) in [6.07, 6.45) is 5.76. The van der Waals surface area contributed by atoms with Gasteiger partial charge in [0.1, 0.15) is 11.6 Å². The Labute approximate surface area is 234 Å². The first-order valence-electron chi connectivity index (χ1n) is 13.5. The Kier molecular flexibility index (Phi) is 7.63. The summed E-state index contributed by atoms with van der Waals surface area (Å²) in [6, 6.07) is 19.2. The second-order valence-electron chi connectivity index (χ2n) is 10.6. The Balaban J connectivity index is 1.45. The third-order valence-corrected chi connectivity index (χ3v) is 7.46. The zero-order valence-corrected chi connectivity index (χ0v) is 23.3. The molecule has 1 aliphatic rings. The molecule has 0 radical (unpaired) electrons. The van der Waals surface area contributed by atoms with Crippen molar-refractivity contribution in [2.45, 2.75) is 26.8 Å². The molecule has 0 saturated heterocycles. The highest BCUT2D eigenvalue weighted by atomic mass is 16.5. The third kappa shape index (κ3) is 5.18. The van der Waals surface area contributed by atoms with Gasteiger partial charge in [-0.05, 0) is 54.3 Å². The predicted molar refractivity (Wildman–Crippen MR) is 159 cm³/mol. The number of anilines is 1. The Hall–Kier alpha value is -4.54. The van der Waals surface area contributed by atoms with Gasteiger partial charge in [-0.25, -0.2) is 4.98 Å². The number of ether oxygens (including phenoxy) is 1. The molecule has 0 spiro atoms. The van der Waals surface area contributed by atoms with Crippen molar-refractivity contribution in [1.82, 2.24) is 9.97 Å². The van der Waals surface area contributed by atoms with Gasteiger partial charge in [-0.1, -0.05) is 44.2 Å². The van der Waals surface area contributed by atoms with E-state index in [1.165, 1.54) is 0 Å². The first-order valence-corrected chi connectivity index (χ1v) is 13.5. The maximum absolute atomic E-state index is 12.7. The number of para-hydroxylation sites is 1. The van der Waals surface area contributed by atoms with Gasteiger partial charge in [-0.15, -0.1) is 0 Å². The van der Waals surface area contributed by atoms with E-state index in [2.05, 4.69) is 30.9 Å². The molecule has 0 fully saturated rings. The van der Waals surface area contributed by atoms with Gasteiger partial charge in [-0.3, -0.25) is 9.78 Å². The number of benzene rings is 2. The van der Waals surface area contributed by atoms with Gasteiger partial charge in [0.2, 0.25) is 0 Å². The lowest BCUT2D eigenvalue weighted by Crippen LogP contribution is -2.34. The summed E-state index contributed by atoms with van der Waals surface area (Å²) in [5.41, 5.74) is 11.9. The lowest BCUT2D eigenvalue weighted by Gasteiger charge is -2.26. The van der Waals surface area contributed by atoms with Crippen molar-refractivity contribution >= 4 is 22.5 Å². The molecule has 40 heavy (non-hydrogen) atoms. The van der Waals surface area contributed by atoms with E-state index >= 15 is 0 Å². The number of nitrogens with two attached hydrogens (primary N) is 1. The van der Waals surface area contributed by atoms with Crippen LogP contribution in [0.5, 0.6) is 5.75 Å². The molecule has 2 unspecified atom stereocenters. The number of hydrogen-bond donors (Lipinski definition) is 1. The number of carbonyl (C=O) groups excluding carboxylic acids is 1. The second kappa shape index (κ2) is 11.3. The number of hydrogen-bond acceptors (Lipinski definition) is 7. The van der Waals surface area contributed by atoms with Crippen molar-refractivity contribution in [3.63, 3.8) is 0 Å². The Bertz CT molecular complexity index is 1620. The van der Waals surface area contributed by atoms with Gasteiger partial charge in [0.15, 0.2) is 5.78 Å². The van der Waals surface area contributed by atoms with Crippen molar-refractivity contribution in [2.75, 3.05) is 25.1 Å². The highest BCUT2D eigenvalue weighted by Gasteiger charge is 2.27. The maximum atomic E-state index is 12.7. The number of ketones is 1. The summed E-state index contributed by atoms with van der Waals surface area (Å²) >= 11 is 0. The van der Waals surface area contributed by atoms with Crippen LogP contribution < -0.4 is 15.4 Å². The lowest BCUT2D eigenvalue weighted by molar-refractivity contribution is -0.116. The molecule has 7 heteroatoms. The number of Topliss-reactive ketones (excluding diaryl/α,β-unsaturated/α-hetero) is 1. The van der Waals surface area contributed by atoms with Crippen molar-refractivity contribution in [3.8, 4) is 34.1 Å². The molecule has 4 aromatic rings. The summed E-state index contributed by atoms with van der Waals surface area (Å²) < 4.78 is 5.91. The fourth-order valence-electron chi connectivity index (χ4n) is 5.46. The van der Waals surface area contributed by atoms with Crippen LogP contribution in [0.25, 0.3) is 33.2 Å². The van der Waals surface area contributed by atoms with Gasteiger partial charge >= 0.3 is 0 Å². The largest absolute Gasteiger partial charge is 0.495 e. The van der Waals surface area contributed by atoms with E-state index in [9.17, 15) is 4.79 Å². The number of carbonyl (C=O) groups is 1. The molecule has 5 rings (SSSR count). The lowest BCUT2D eigenvalue weighted by atomic mass is 9.92. The van der Waals surface area contributed by atoms with Crippen molar-refractivity contribution in [3.05, 3.63) is 84.2 Å². The SMILES string of the molecule is COc1c(-c2ccc(N3CC(C)C=C(C(=O)C(C)N)[C@@H](C)C3)nc2)cnc2c(-c3ccc(C#N)cc3)cccc12. The topological polar surface area (TPSA) is 105 Å². The number of aromatic nitrogens is 2. The summed E-state index contributed by atoms with van der Waals surface area (Å²) in [5, 5.41) is 10.0. The first-order chi connectivity index (χ1) is 19.3. The average molecular weight is 532 g/mol. The highest BCUT2D eigenvalue weighted by Crippen LogP contribution is 2.39. The summed E-state index contributed by atoms with van der Waals surface area (Å²) in [5.74, 6) is 1.86. The highest BCUT2D eigenvalue weighted by molar-refractivity contribution is 6.01. The summed E-state index contributed by atoms with van der Waals surface area (Å²) in [6.45, 7) is 7.40. The van der Waals surface area contributed by atoms with E-state index in [-0.39, 0.29) is 17.6 Å². The minimum absolute atomic E-state index is 0.0164. The number of methoxy groups -OCH3 is 1. The van der Waals surface area contributed by atoms with Gasteiger partial charge in [0, 0.05) is 53.5 Å².